The van der Waals surface area contributed by atoms with Crippen LogP contribution in [0.5, 0.6) is 0 Å². The number of amides is 1. The molecule has 7 heteroatoms. The van der Waals surface area contributed by atoms with Gasteiger partial charge in [-0.15, -0.1) is 0 Å². The Bertz CT molecular complexity index is 634. The van der Waals surface area contributed by atoms with Gasteiger partial charge in [0.1, 0.15) is 0 Å². The molecule has 0 radical (unpaired) electrons. The maximum Gasteiger partial charge on any atom is 0.225 e. The summed E-state index contributed by atoms with van der Waals surface area (Å²) in [5.41, 5.74) is 0.960. The van der Waals surface area contributed by atoms with Gasteiger partial charge in [0, 0.05) is 38.2 Å². The largest absolute Gasteiger partial charge is 0.359 e. The van der Waals surface area contributed by atoms with E-state index in [9.17, 15) is 4.79 Å². The first-order valence-electron chi connectivity index (χ1n) is 9.78. The van der Waals surface area contributed by atoms with Gasteiger partial charge in [0.25, 0.3) is 0 Å². The van der Waals surface area contributed by atoms with Crippen LogP contribution in [-0.2, 0) is 11.3 Å². The fraction of sp³-hybridized carbons (Fsp3) is 0.737. The molecule has 1 aliphatic carbocycles. The molecule has 0 aromatic carbocycles. The van der Waals surface area contributed by atoms with Crippen LogP contribution < -0.4 is 10.6 Å². The number of likely N-dealkylation sites (tertiary alicyclic amines) is 1. The summed E-state index contributed by atoms with van der Waals surface area (Å²) in [7, 11) is 1.76. The van der Waals surface area contributed by atoms with Gasteiger partial charge < -0.3 is 20.1 Å². The lowest BCUT2D eigenvalue weighted by Crippen LogP contribution is -2.45. The molecule has 1 saturated heterocycles. The van der Waals surface area contributed by atoms with Crippen molar-refractivity contribution in [2.24, 2.45) is 10.9 Å². The van der Waals surface area contributed by atoms with Gasteiger partial charge >= 0.3 is 0 Å². The third-order valence-electron chi connectivity index (χ3n) is 5.37. The monoisotopic (exact) mass is 361 g/mol. The van der Waals surface area contributed by atoms with Crippen LogP contribution in [-0.4, -0.2) is 48.1 Å². The van der Waals surface area contributed by atoms with Crippen LogP contribution >= 0.6 is 0 Å². The highest BCUT2D eigenvalue weighted by atomic mass is 16.5. The summed E-state index contributed by atoms with van der Waals surface area (Å²) in [6.45, 7) is 6.32. The first kappa shape index (κ1) is 18.7. The van der Waals surface area contributed by atoms with Crippen molar-refractivity contribution in [2.75, 3.05) is 20.1 Å². The van der Waals surface area contributed by atoms with Crippen LogP contribution in [0.15, 0.2) is 15.6 Å². The first-order valence-corrected chi connectivity index (χ1v) is 9.78. The summed E-state index contributed by atoms with van der Waals surface area (Å²) >= 11 is 0. The van der Waals surface area contributed by atoms with Gasteiger partial charge in [0.05, 0.1) is 12.2 Å². The number of carbonyl (C=O) groups is 1. The summed E-state index contributed by atoms with van der Waals surface area (Å²) in [6.07, 6.45) is 5.47. The predicted molar refractivity (Wildman–Crippen MR) is 101 cm³/mol. The Balaban J connectivity index is 1.45. The van der Waals surface area contributed by atoms with E-state index in [0.717, 1.165) is 49.8 Å². The Kier molecular flexibility index (Phi) is 6.16. The molecular formula is C19H31N5O2. The summed E-state index contributed by atoms with van der Waals surface area (Å²) < 4.78 is 5.35. The maximum absolute atomic E-state index is 12.5. The predicted octanol–water partition coefficient (Wildman–Crippen LogP) is 2.25. The van der Waals surface area contributed by atoms with E-state index >= 15 is 0 Å². The summed E-state index contributed by atoms with van der Waals surface area (Å²) in [5.74, 6) is 2.48. The smallest absolute Gasteiger partial charge is 0.225 e. The fourth-order valence-electron chi connectivity index (χ4n) is 3.75. The molecule has 1 unspecified atom stereocenters. The number of aromatic nitrogens is 1. The molecule has 2 fully saturated rings. The van der Waals surface area contributed by atoms with Crippen LogP contribution in [0.25, 0.3) is 0 Å². The van der Waals surface area contributed by atoms with E-state index in [1.807, 2.05) is 11.0 Å². The molecule has 3 rings (SSSR count). The van der Waals surface area contributed by atoms with Crippen molar-refractivity contribution < 1.29 is 9.32 Å². The van der Waals surface area contributed by atoms with E-state index in [4.69, 9.17) is 4.52 Å². The number of rotatable bonds is 5. The van der Waals surface area contributed by atoms with Gasteiger partial charge in [-0.05, 0) is 25.2 Å². The molecule has 0 bridgehead atoms. The third kappa shape index (κ3) is 4.56. The highest BCUT2D eigenvalue weighted by Crippen LogP contribution is 2.27. The van der Waals surface area contributed by atoms with Crippen molar-refractivity contribution in [1.29, 1.82) is 0 Å². The molecule has 26 heavy (non-hydrogen) atoms. The van der Waals surface area contributed by atoms with E-state index in [1.165, 1.54) is 12.8 Å². The highest BCUT2D eigenvalue weighted by molar-refractivity contribution is 5.81. The van der Waals surface area contributed by atoms with Gasteiger partial charge in [0.2, 0.25) is 5.91 Å². The standard InChI is InChI=1S/C19H31N5O2/c1-13(2)17-10-16(26-23-17)11-21-19(20-3)22-15-8-9-24(12-15)18(25)14-6-4-5-7-14/h10,13-15H,4-9,11-12H2,1-3H3,(H2,20,21,22). The van der Waals surface area contributed by atoms with E-state index in [-0.39, 0.29) is 12.0 Å². The van der Waals surface area contributed by atoms with Gasteiger partial charge in [-0.1, -0.05) is 31.8 Å². The molecule has 0 spiro atoms. The van der Waals surface area contributed by atoms with Gasteiger partial charge in [-0.25, -0.2) is 0 Å². The minimum Gasteiger partial charge on any atom is -0.359 e. The van der Waals surface area contributed by atoms with Crippen molar-refractivity contribution in [3.63, 3.8) is 0 Å². The first-order chi connectivity index (χ1) is 12.6. The number of nitrogens with one attached hydrogen (secondary N) is 2. The Morgan fingerprint density at radius 3 is 2.81 bits per heavy atom. The van der Waals surface area contributed by atoms with Crippen LogP contribution in [0.4, 0.5) is 0 Å². The Hall–Kier alpha value is -2.05. The normalized spacial score (nSPS) is 21.6. The molecule has 1 atom stereocenters. The molecule has 1 aromatic rings. The summed E-state index contributed by atoms with van der Waals surface area (Å²) in [5, 5.41) is 10.8. The molecule has 1 amide bonds. The van der Waals surface area contributed by atoms with Crippen LogP contribution in [0, 0.1) is 5.92 Å². The molecule has 1 aliphatic heterocycles. The number of hydrogen-bond acceptors (Lipinski definition) is 4. The topological polar surface area (TPSA) is 82.8 Å². The summed E-state index contributed by atoms with van der Waals surface area (Å²) in [6, 6.07) is 2.22. The Morgan fingerprint density at radius 2 is 2.15 bits per heavy atom. The highest BCUT2D eigenvalue weighted by Gasteiger charge is 2.32. The lowest BCUT2D eigenvalue weighted by molar-refractivity contribution is -0.134. The average Bonchev–Trinajstić information content (AvgIpc) is 3.39. The van der Waals surface area contributed by atoms with E-state index in [2.05, 4.69) is 34.6 Å². The Morgan fingerprint density at radius 1 is 1.38 bits per heavy atom. The SMILES string of the molecule is CN=C(NCc1cc(C(C)C)no1)NC1CCN(C(=O)C2CCCC2)C1. The average molecular weight is 361 g/mol. The molecule has 144 valence electrons. The third-order valence-corrected chi connectivity index (χ3v) is 5.37. The zero-order chi connectivity index (χ0) is 18.5. The molecule has 1 aromatic heterocycles. The van der Waals surface area contributed by atoms with Crippen molar-refractivity contribution in [2.45, 2.75) is 64.5 Å². The lowest BCUT2D eigenvalue weighted by atomic mass is 10.1. The second-order valence-corrected chi connectivity index (χ2v) is 7.69. The van der Waals surface area contributed by atoms with Crippen LogP contribution in [0.2, 0.25) is 0 Å². The Labute approximate surface area is 155 Å². The zero-order valence-electron chi connectivity index (χ0n) is 16.1. The van der Waals surface area contributed by atoms with Crippen molar-refractivity contribution >= 4 is 11.9 Å². The van der Waals surface area contributed by atoms with E-state index in [0.29, 0.717) is 18.4 Å². The quantitative estimate of drug-likeness (QED) is 0.621. The maximum atomic E-state index is 12.5. The van der Waals surface area contributed by atoms with Gasteiger partial charge in [0.15, 0.2) is 11.7 Å². The number of nitrogens with zero attached hydrogens (tertiary/aromatic N) is 3. The molecular weight excluding hydrogens is 330 g/mol. The van der Waals surface area contributed by atoms with Gasteiger partial charge in [-0.3, -0.25) is 9.79 Å². The molecule has 1 saturated carbocycles. The number of aliphatic imine (C=N–C) groups is 1. The molecule has 7 nitrogen and oxygen atoms in total. The van der Waals surface area contributed by atoms with Gasteiger partial charge in [-0.2, -0.15) is 0 Å². The molecule has 2 heterocycles. The minimum absolute atomic E-state index is 0.243. The molecule has 2 N–H and O–H groups in total. The lowest BCUT2D eigenvalue weighted by Gasteiger charge is -2.21. The van der Waals surface area contributed by atoms with E-state index < -0.39 is 0 Å². The number of guanidine groups is 1. The second-order valence-electron chi connectivity index (χ2n) is 7.69. The number of carbonyl (C=O) groups excluding carboxylic acids is 1. The van der Waals surface area contributed by atoms with Crippen LogP contribution in [0.1, 0.15) is 63.3 Å². The zero-order valence-corrected chi connectivity index (χ0v) is 16.1. The number of hydrogen-bond donors (Lipinski definition) is 2. The second kappa shape index (κ2) is 8.56. The minimum atomic E-state index is 0.243. The van der Waals surface area contributed by atoms with Crippen LogP contribution in [0.3, 0.4) is 0 Å². The molecule has 2 aliphatic rings. The summed E-state index contributed by atoms with van der Waals surface area (Å²) in [4.78, 5) is 18.9. The fourth-order valence-corrected chi connectivity index (χ4v) is 3.75. The van der Waals surface area contributed by atoms with Crippen molar-refractivity contribution in [3.8, 4) is 0 Å². The van der Waals surface area contributed by atoms with E-state index in [1.54, 1.807) is 7.05 Å². The van der Waals surface area contributed by atoms with Crippen molar-refractivity contribution in [1.82, 2.24) is 20.7 Å². The van der Waals surface area contributed by atoms with Crippen molar-refractivity contribution in [3.05, 3.63) is 17.5 Å².